The van der Waals surface area contributed by atoms with Crippen molar-refractivity contribution in [2.75, 3.05) is 0 Å². The van der Waals surface area contributed by atoms with E-state index in [4.69, 9.17) is 10.00 Å². The summed E-state index contributed by atoms with van der Waals surface area (Å²) in [5, 5.41) is 9.08. The van der Waals surface area contributed by atoms with Crippen LogP contribution in [-0.4, -0.2) is 69.1 Å². The van der Waals surface area contributed by atoms with E-state index in [0.29, 0.717) is 5.56 Å². The summed E-state index contributed by atoms with van der Waals surface area (Å²) in [5.41, 5.74) is 0.485. The van der Waals surface area contributed by atoms with Crippen molar-refractivity contribution in [3.8, 4) is 0 Å². The molecule has 0 spiro atoms. The first kappa shape index (κ1) is 16.8. The first-order chi connectivity index (χ1) is 5.22. The number of hydrogen-bond acceptors (Lipinski definition) is 2. The second kappa shape index (κ2) is 8.66. The van der Waals surface area contributed by atoms with Crippen LogP contribution in [0.4, 0.5) is 0 Å². The Morgan fingerprint density at radius 3 is 2.00 bits per heavy atom. The SMILES string of the molecule is O=[PH](O)C(O)c1ccccc1.[NaH].[NaH]. The predicted octanol–water partition coefficient (Wildman–Crippen LogP) is -0.153. The predicted molar refractivity (Wildman–Crippen MR) is 56.9 cm³/mol. The second-order valence-electron chi connectivity index (χ2n) is 2.15. The van der Waals surface area contributed by atoms with E-state index in [1.165, 1.54) is 0 Å². The van der Waals surface area contributed by atoms with Crippen molar-refractivity contribution in [2.45, 2.75) is 5.85 Å². The Hall–Kier alpha value is 1.37. The molecule has 0 aliphatic heterocycles. The van der Waals surface area contributed by atoms with Crippen molar-refractivity contribution in [1.29, 1.82) is 0 Å². The molecule has 1 aromatic carbocycles. The van der Waals surface area contributed by atoms with Gasteiger partial charge in [0.25, 0.3) is 0 Å². The fourth-order valence-electron chi connectivity index (χ4n) is 0.778. The average Bonchev–Trinajstić information content (AvgIpc) is 2.05. The molecule has 0 aliphatic rings. The molecule has 13 heavy (non-hydrogen) atoms. The number of hydrogen-bond donors (Lipinski definition) is 2. The quantitative estimate of drug-likeness (QED) is 0.538. The third kappa shape index (κ3) is 5.73. The normalized spacial score (nSPS) is 13.4. The van der Waals surface area contributed by atoms with Crippen LogP contribution < -0.4 is 0 Å². The monoisotopic (exact) mass is 220 g/mol. The van der Waals surface area contributed by atoms with E-state index in [1.807, 2.05) is 0 Å². The van der Waals surface area contributed by atoms with Gasteiger partial charge in [-0.05, 0) is 5.56 Å². The summed E-state index contributed by atoms with van der Waals surface area (Å²) < 4.78 is 10.4. The molecule has 2 atom stereocenters. The molecule has 0 fully saturated rings. The molecule has 0 aliphatic carbocycles. The molecular weight excluding hydrogens is 209 g/mol. The fourth-order valence-corrected chi connectivity index (χ4v) is 1.26. The first-order valence-corrected chi connectivity index (χ1v) is 4.61. The van der Waals surface area contributed by atoms with Crippen LogP contribution in [0.2, 0.25) is 0 Å². The average molecular weight is 220 g/mol. The van der Waals surface area contributed by atoms with Gasteiger partial charge >= 0.3 is 59.1 Å². The Morgan fingerprint density at radius 1 is 1.15 bits per heavy atom. The van der Waals surface area contributed by atoms with Crippen LogP contribution in [0.1, 0.15) is 11.4 Å². The van der Waals surface area contributed by atoms with E-state index in [9.17, 15) is 4.57 Å². The first-order valence-electron chi connectivity index (χ1n) is 3.17. The van der Waals surface area contributed by atoms with Gasteiger partial charge in [-0.2, -0.15) is 0 Å². The number of aliphatic hydroxyl groups excluding tert-OH is 1. The zero-order valence-corrected chi connectivity index (χ0v) is 6.77. The van der Waals surface area contributed by atoms with Gasteiger partial charge in [0.1, 0.15) is 0 Å². The van der Waals surface area contributed by atoms with Gasteiger partial charge in [-0.3, -0.25) is 4.57 Å². The summed E-state index contributed by atoms with van der Waals surface area (Å²) in [5.74, 6) is -1.22. The molecule has 2 N–H and O–H groups in total. The Kier molecular flexibility index (Phi) is 11.2. The van der Waals surface area contributed by atoms with Crippen LogP contribution in [0.15, 0.2) is 30.3 Å². The van der Waals surface area contributed by atoms with Gasteiger partial charge in [0.05, 0.1) is 0 Å². The van der Waals surface area contributed by atoms with Crippen molar-refractivity contribution in [3.63, 3.8) is 0 Å². The molecule has 3 nitrogen and oxygen atoms in total. The molecule has 2 unspecified atom stereocenters. The molecule has 1 aromatic rings. The Morgan fingerprint density at radius 2 is 1.62 bits per heavy atom. The number of aliphatic hydroxyl groups is 1. The third-order valence-corrected chi connectivity index (χ3v) is 2.15. The fraction of sp³-hybridized carbons (Fsp3) is 0.143. The minimum atomic E-state index is -2.86. The number of rotatable bonds is 2. The van der Waals surface area contributed by atoms with E-state index >= 15 is 0 Å². The molecule has 0 amide bonds. The van der Waals surface area contributed by atoms with Crippen LogP contribution in [0, 0.1) is 0 Å². The van der Waals surface area contributed by atoms with Gasteiger partial charge in [-0.25, -0.2) is 0 Å². The van der Waals surface area contributed by atoms with Gasteiger partial charge in [0, 0.05) is 0 Å². The summed E-state index contributed by atoms with van der Waals surface area (Å²) >= 11 is 0. The van der Waals surface area contributed by atoms with Crippen LogP contribution >= 0.6 is 8.03 Å². The molecule has 64 valence electrons. The summed E-state index contributed by atoms with van der Waals surface area (Å²) in [6.07, 6.45) is 0. The minimum absolute atomic E-state index is 0. The standard InChI is InChI=1S/C7H9O3P.2Na.2H/c8-7(11(9)10)6-4-2-1-3-5-6;;;;/h1-5,7-8,11H,(H,9,10);;;;. The molecule has 0 aromatic heterocycles. The van der Waals surface area contributed by atoms with E-state index in [2.05, 4.69) is 0 Å². The van der Waals surface area contributed by atoms with Gasteiger partial charge in [-0.1, -0.05) is 30.3 Å². The maximum absolute atomic E-state index is 10.4. The second-order valence-corrected chi connectivity index (χ2v) is 3.37. The Bertz CT molecular complexity index is 255. The van der Waals surface area contributed by atoms with Gasteiger partial charge < -0.3 is 10.00 Å². The topological polar surface area (TPSA) is 57.5 Å². The third-order valence-electron chi connectivity index (χ3n) is 1.35. The van der Waals surface area contributed by atoms with Crippen LogP contribution in [-0.2, 0) is 4.57 Å². The van der Waals surface area contributed by atoms with E-state index in [0.717, 1.165) is 0 Å². The van der Waals surface area contributed by atoms with E-state index in [-0.39, 0.29) is 59.1 Å². The molecule has 0 heterocycles. The van der Waals surface area contributed by atoms with Crippen LogP contribution in [0.5, 0.6) is 0 Å². The molecular formula is C7H11Na2O3P. The van der Waals surface area contributed by atoms with E-state index in [1.54, 1.807) is 30.3 Å². The van der Waals surface area contributed by atoms with Crippen LogP contribution in [0.3, 0.4) is 0 Å². The summed E-state index contributed by atoms with van der Waals surface area (Å²) in [6.45, 7) is 0. The zero-order valence-electron chi connectivity index (χ0n) is 5.77. The Balaban J connectivity index is 0. The van der Waals surface area contributed by atoms with Crippen molar-refractivity contribution in [3.05, 3.63) is 35.9 Å². The Labute approximate surface area is 122 Å². The summed E-state index contributed by atoms with van der Waals surface area (Å²) in [7, 11) is -2.86. The summed E-state index contributed by atoms with van der Waals surface area (Å²) in [4.78, 5) is 8.57. The van der Waals surface area contributed by atoms with Crippen molar-refractivity contribution in [2.24, 2.45) is 0 Å². The molecule has 0 bridgehead atoms. The maximum atomic E-state index is 10.4. The van der Waals surface area contributed by atoms with Crippen molar-refractivity contribution in [1.82, 2.24) is 0 Å². The van der Waals surface area contributed by atoms with Crippen LogP contribution in [0.25, 0.3) is 0 Å². The number of benzene rings is 1. The molecule has 0 saturated heterocycles. The van der Waals surface area contributed by atoms with Gasteiger partial charge in [-0.15, -0.1) is 0 Å². The van der Waals surface area contributed by atoms with Gasteiger partial charge in [0.2, 0.25) is 8.03 Å². The molecule has 0 saturated carbocycles. The molecule has 0 radical (unpaired) electrons. The van der Waals surface area contributed by atoms with Crippen molar-refractivity contribution >= 4 is 67.1 Å². The summed E-state index contributed by atoms with van der Waals surface area (Å²) in [6, 6.07) is 8.43. The zero-order chi connectivity index (χ0) is 8.27. The van der Waals surface area contributed by atoms with E-state index < -0.39 is 13.9 Å². The molecule has 6 heteroatoms. The van der Waals surface area contributed by atoms with Gasteiger partial charge in [0.15, 0.2) is 5.85 Å². The molecule has 1 rings (SSSR count). The van der Waals surface area contributed by atoms with Crippen molar-refractivity contribution < 1.29 is 14.6 Å².